The molecule has 4 aromatic rings. The predicted octanol–water partition coefficient (Wildman–Crippen LogP) is 1.40. The van der Waals surface area contributed by atoms with E-state index in [9.17, 15) is 9.18 Å². The molecule has 4 heterocycles. The van der Waals surface area contributed by atoms with Crippen molar-refractivity contribution in [1.82, 2.24) is 34.5 Å². The van der Waals surface area contributed by atoms with Gasteiger partial charge in [-0.05, 0) is 12.1 Å². The minimum absolute atomic E-state index is 0.278. The van der Waals surface area contributed by atoms with Crippen LogP contribution in [-0.2, 0) is 0 Å². The summed E-state index contributed by atoms with van der Waals surface area (Å²) in [5.74, 6) is 0.735. The summed E-state index contributed by atoms with van der Waals surface area (Å²) < 4.78 is 16.4. The SMILES string of the molecule is CNc1cc(Nc2cccn3cnnc23)nc2c(C(=O)N[C@H]3C[C@H]3F)cnn12. The van der Waals surface area contributed by atoms with Crippen LogP contribution in [0.2, 0.25) is 0 Å². The second-order valence-corrected chi connectivity index (χ2v) is 6.51. The van der Waals surface area contributed by atoms with Gasteiger partial charge in [-0.2, -0.15) is 9.61 Å². The van der Waals surface area contributed by atoms with Gasteiger partial charge in [-0.1, -0.05) is 0 Å². The number of hydrogen-bond acceptors (Lipinski definition) is 7. The van der Waals surface area contributed by atoms with E-state index in [0.29, 0.717) is 35.0 Å². The van der Waals surface area contributed by atoms with Crippen LogP contribution in [0.4, 0.5) is 21.7 Å². The molecule has 0 unspecified atom stereocenters. The van der Waals surface area contributed by atoms with Crippen LogP contribution in [0.1, 0.15) is 16.8 Å². The molecule has 1 amide bonds. The Morgan fingerprint density at radius 2 is 2.21 bits per heavy atom. The smallest absolute Gasteiger partial charge is 0.257 e. The number of amides is 1. The molecule has 1 fully saturated rings. The Bertz CT molecular complexity index is 1200. The Labute approximate surface area is 157 Å². The number of alkyl halides is 1. The van der Waals surface area contributed by atoms with E-state index in [0.717, 1.165) is 0 Å². The highest BCUT2D eigenvalue weighted by atomic mass is 19.1. The van der Waals surface area contributed by atoms with Gasteiger partial charge in [0, 0.05) is 25.7 Å². The zero-order chi connectivity index (χ0) is 19.3. The van der Waals surface area contributed by atoms with Gasteiger partial charge in [0.1, 0.15) is 29.7 Å². The number of pyridine rings is 1. The van der Waals surface area contributed by atoms with Crippen molar-refractivity contribution in [2.45, 2.75) is 18.6 Å². The molecule has 1 saturated carbocycles. The molecule has 0 aromatic carbocycles. The molecule has 28 heavy (non-hydrogen) atoms. The highest BCUT2D eigenvalue weighted by Gasteiger charge is 2.39. The molecular weight excluding hydrogens is 365 g/mol. The molecular formula is C17H16FN9O. The summed E-state index contributed by atoms with van der Waals surface area (Å²) in [4.78, 5) is 17.0. The van der Waals surface area contributed by atoms with E-state index in [2.05, 4.69) is 36.2 Å². The van der Waals surface area contributed by atoms with Crippen LogP contribution in [0.3, 0.4) is 0 Å². The van der Waals surface area contributed by atoms with Gasteiger partial charge in [0.25, 0.3) is 5.91 Å². The summed E-state index contributed by atoms with van der Waals surface area (Å²) in [6.07, 6.45) is 4.23. The third kappa shape index (κ3) is 2.68. The summed E-state index contributed by atoms with van der Waals surface area (Å²) in [5.41, 5.74) is 1.99. The predicted molar refractivity (Wildman–Crippen MR) is 99.6 cm³/mol. The van der Waals surface area contributed by atoms with E-state index in [-0.39, 0.29) is 5.56 Å². The van der Waals surface area contributed by atoms with Crippen molar-refractivity contribution >= 4 is 34.5 Å². The maximum atomic E-state index is 13.1. The highest BCUT2D eigenvalue weighted by molar-refractivity contribution is 6.00. The van der Waals surface area contributed by atoms with Gasteiger partial charge in [0.05, 0.1) is 17.9 Å². The van der Waals surface area contributed by atoms with E-state index < -0.39 is 18.1 Å². The normalized spacial score (nSPS) is 18.4. The molecule has 142 valence electrons. The largest absolute Gasteiger partial charge is 0.373 e. The second-order valence-electron chi connectivity index (χ2n) is 6.51. The molecule has 0 saturated heterocycles. The van der Waals surface area contributed by atoms with Gasteiger partial charge in [0.15, 0.2) is 11.3 Å². The first kappa shape index (κ1) is 16.4. The lowest BCUT2D eigenvalue weighted by atomic mass is 10.3. The number of carbonyl (C=O) groups excluding carboxylic acids is 1. The number of nitrogens with one attached hydrogen (secondary N) is 3. The lowest BCUT2D eigenvalue weighted by Gasteiger charge is -2.10. The van der Waals surface area contributed by atoms with Gasteiger partial charge in [0.2, 0.25) is 0 Å². The Balaban J connectivity index is 1.55. The van der Waals surface area contributed by atoms with Crippen LogP contribution in [-0.4, -0.2) is 54.4 Å². The number of hydrogen-bond donors (Lipinski definition) is 3. The summed E-state index contributed by atoms with van der Waals surface area (Å²) in [7, 11) is 1.75. The van der Waals surface area contributed by atoms with E-state index >= 15 is 0 Å². The molecule has 0 bridgehead atoms. The molecule has 0 aliphatic heterocycles. The van der Waals surface area contributed by atoms with Crippen LogP contribution in [0, 0.1) is 0 Å². The Morgan fingerprint density at radius 3 is 3.00 bits per heavy atom. The maximum absolute atomic E-state index is 13.1. The van der Waals surface area contributed by atoms with Gasteiger partial charge in [-0.25, -0.2) is 9.37 Å². The zero-order valence-electron chi connectivity index (χ0n) is 14.8. The lowest BCUT2D eigenvalue weighted by molar-refractivity contribution is 0.0949. The molecule has 5 rings (SSSR count). The summed E-state index contributed by atoms with van der Waals surface area (Å²) in [6, 6.07) is 5.04. The molecule has 1 aliphatic carbocycles. The van der Waals surface area contributed by atoms with Crippen molar-refractivity contribution in [2.75, 3.05) is 17.7 Å². The molecule has 3 N–H and O–H groups in total. The third-order valence-corrected chi connectivity index (χ3v) is 4.59. The fourth-order valence-electron chi connectivity index (χ4n) is 3.01. The van der Waals surface area contributed by atoms with E-state index in [1.807, 2.05) is 18.3 Å². The molecule has 11 heteroatoms. The van der Waals surface area contributed by atoms with Crippen LogP contribution < -0.4 is 16.0 Å². The van der Waals surface area contributed by atoms with Gasteiger partial charge >= 0.3 is 0 Å². The number of rotatable bonds is 5. The van der Waals surface area contributed by atoms with Crippen molar-refractivity contribution in [3.05, 3.63) is 42.5 Å². The van der Waals surface area contributed by atoms with Crippen LogP contribution in [0.15, 0.2) is 36.9 Å². The summed E-state index contributed by atoms with van der Waals surface area (Å²) in [6.45, 7) is 0. The third-order valence-electron chi connectivity index (χ3n) is 4.59. The molecule has 4 aromatic heterocycles. The minimum Gasteiger partial charge on any atom is -0.373 e. The van der Waals surface area contributed by atoms with E-state index in [4.69, 9.17) is 0 Å². The summed E-state index contributed by atoms with van der Waals surface area (Å²) in [5, 5.41) is 21.1. The maximum Gasteiger partial charge on any atom is 0.257 e. The van der Waals surface area contributed by atoms with Gasteiger partial charge in [-0.3, -0.25) is 9.20 Å². The van der Waals surface area contributed by atoms with Crippen molar-refractivity contribution in [1.29, 1.82) is 0 Å². The average molecular weight is 381 g/mol. The number of fused-ring (bicyclic) bond motifs is 2. The van der Waals surface area contributed by atoms with Crippen LogP contribution in [0.25, 0.3) is 11.3 Å². The first-order valence-electron chi connectivity index (χ1n) is 8.71. The second kappa shape index (κ2) is 6.15. The van der Waals surface area contributed by atoms with Crippen molar-refractivity contribution in [3.8, 4) is 0 Å². The first-order chi connectivity index (χ1) is 13.6. The number of aromatic nitrogens is 6. The molecule has 2 atom stereocenters. The van der Waals surface area contributed by atoms with E-state index in [1.54, 1.807) is 23.8 Å². The van der Waals surface area contributed by atoms with Crippen molar-refractivity contribution in [2.24, 2.45) is 0 Å². The number of nitrogens with zero attached hydrogens (tertiary/aromatic N) is 6. The van der Waals surface area contributed by atoms with Gasteiger partial charge < -0.3 is 16.0 Å². The molecule has 0 radical (unpaired) electrons. The van der Waals surface area contributed by atoms with Crippen LogP contribution >= 0.6 is 0 Å². The van der Waals surface area contributed by atoms with Crippen molar-refractivity contribution < 1.29 is 9.18 Å². The number of anilines is 3. The summed E-state index contributed by atoms with van der Waals surface area (Å²) >= 11 is 0. The Hall–Kier alpha value is -3.76. The van der Waals surface area contributed by atoms with Crippen LogP contribution in [0.5, 0.6) is 0 Å². The minimum atomic E-state index is -0.979. The quantitative estimate of drug-likeness (QED) is 0.479. The average Bonchev–Trinajstić information content (AvgIpc) is 3.10. The zero-order valence-corrected chi connectivity index (χ0v) is 14.8. The number of halogens is 1. The van der Waals surface area contributed by atoms with E-state index in [1.165, 1.54) is 10.7 Å². The fourth-order valence-corrected chi connectivity index (χ4v) is 3.01. The first-order valence-corrected chi connectivity index (χ1v) is 8.71. The molecule has 10 nitrogen and oxygen atoms in total. The Morgan fingerprint density at radius 1 is 1.36 bits per heavy atom. The molecule has 1 aliphatic rings. The highest BCUT2D eigenvalue weighted by Crippen LogP contribution is 2.27. The Kier molecular flexibility index (Phi) is 3.60. The fraction of sp³-hybridized carbons (Fsp3) is 0.235. The monoisotopic (exact) mass is 381 g/mol. The van der Waals surface area contributed by atoms with Crippen molar-refractivity contribution in [3.63, 3.8) is 0 Å². The number of carbonyl (C=O) groups is 1. The topological polar surface area (TPSA) is 114 Å². The molecule has 0 spiro atoms. The standard InChI is InChI=1S/C17H16FN9O/c1-19-14-6-13(22-11-3-2-4-26-8-20-25-16(11)26)24-15-9(7-21-27(14)15)17(28)23-12-5-10(12)18/h2-4,6-8,10,12,19H,5H2,1H3,(H,22,24)(H,23,28)/t10-,12+/m1/s1. The van der Waals surface area contributed by atoms with Gasteiger partial charge in [-0.15, -0.1) is 10.2 Å². The lowest BCUT2D eigenvalue weighted by Crippen LogP contribution is -2.27.